The predicted molar refractivity (Wildman–Crippen MR) is 85.9 cm³/mol. The number of nitrogens with zero attached hydrogens (tertiary/aromatic N) is 3. The van der Waals surface area contributed by atoms with Gasteiger partial charge in [0.2, 0.25) is 0 Å². The Balaban J connectivity index is 1.83. The van der Waals surface area contributed by atoms with Crippen LogP contribution >= 0.6 is 0 Å². The van der Waals surface area contributed by atoms with Gasteiger partial charge >= 0.3 is 0 Å². The molecule has 0 amide bonds. The molecule has 2 aromatic rings. The molecule has 0 spiro atoms. The first-order valence-corrected chi connectivity index (χ1v) is 7.51. The summed E-state index contributed by atoms with van der Waals surface area (Å²) in [6.45, 7) is 3.95. The molecule has 1 fully saturated rings. The van der Waals surface area contributed by atoms with Gasteiger partial charge in [-0.05, 0) is 32.2 Å². The maximum atomic E-state index is 9.93. The summed E-state index contributed by atoms with van der Waals surface area (Å²) in [5.74, 6) is 0. The Bertz CT molecular complexity index is 646. The van der Waals surface area contributed by atoms with E-state index in [1.165, 1.54) is 0 Å². The van der Waals surface area contributed by atoms with Gasteiger partial charge < -0.3 is 15.2 Å². The van der Waals surface area contributed by atoms with Crippen LogP contribution in [0.1, 0.15) is 6.92 Å². The van der Waals surface area contributed by atoms with Crippen LogP contribution in [0.2, 0.25) is 0 Å². The van der Waals surface area contributed by atoms with Crippen molar-refractivity contribution in [2.45, 2.75) is 18.5 Å². The van der Waals surface area contributed by atoms with Crippen molar-refractivity contribution in [1.82, 2.24) is 14.9 Å². The van der Waals surface area contributed by atoms with Crippen molar-refractivity contribution in [3.05, 3.63) is 30.6 Å². The second-order valence-electron chi connectivity index (χ2n) is 5.94. The van der Waals surface area contributed by atoms with E-state index in [1.54, 1.807) is 12.4 Å². The smallest absolute Gasteiger partial charge is 0.161 e. The largest absolute Gasteiger partial charge is 0.394 e. The molecule has 3 heterocycles. The molecule has 2 atom stereocenters. The Kier molecular flexibility index (Phi) is 4.24. The minimum atomic E-state index is -0.421. The third-order valence-electron chi connectivity index (χ3n) is 4.56. The molecule has 6 heteroatoms. The van der Waals surface area contributed by atoms with E-state index in [2.05, 4.69) is 27.1 Å². The zero-order valence-corrected chi connectivity index (χ0v) is 13.0. The summed E-state index contributed by atoms with van der Waals surface area (Å²) in [5.41, 5.74) is 1.26. The second-order valence-corrected chi connectivity index (χ2v) is 5.94. The third kappa shape index (κ3) is 2.65. The van der Waals surface area contributed by atoms with Crippen molar-refractivity contribution < 1.29 is 9.84 Å². The van der Waals surface area contributed by atoms with Crippen molar-refractivity contribution in [1.29, 1.82) is 0 Å². The summed E-state index contributed by atoms with van der Waals surface area (Å²) < 4.78 is 5.67. The number of rotatable bonds is 4. The number of morpholine rings is 1. The Morgan fingerprint density at radius 1 is 1.41 bits per heavy atom. The van der Waals surface area contributed by atoms with Crippen LogP contribution in [0.25, 0.3) is 11.0 Å². The van der Waals surface area contributed by atoms with Gasteiger partial charge in [0.15, 0.2) is 5.65 Å². The number of hydrogen-bond donors (Lipinski definition) is 2. The number of nitrogens with one attached hydrogen (secondary N) is 1. The first-order valence-electron chi connectivity index (χ1n) is 7.51. The fraction of sp³-hybridized carbons (Fsp3) is 0.500. The minimum absolute atomic E-state index is 0.0438. The van der Waals surface area contributed by atoms with Gasteiger partial charge in [-0.2, -0.15) is 0 Å². The summed E-state index contributed by atoms with van der Waals surface area (Å²) in [5, 5.41) is 14.4. The van der Waals surface area contributed by atoms with Crippen LogP contribution in [-0.4, -0.2) is 65.0 Å². The summed E-state index contributed by atoms with van der Waals surface area (Å²) in [4.78, 5) is 10.7. The Hall–Kier alpha value is -1.76. The van der Waals surface area contributed by atoms with Crippen LogP contribution in [0.3, 0.4) is 0 Å². The molecule has 0 aliphatic carbocycles. The van der Waals surface area contributed by atoms with Crippen LogP contribution in [0, 0.1) is 0 Å². The molecule has 2 aromatic heterocycles. The van der Waals surface area contributed by atoms with Gasteiger partial charge in [-0.15, -0.1) is 0 Å². The second kappa shape index (κ2) is 6.16. The van der Waals surface area contributed by atoms with Crippen LogP contribution < -0.4 is 5.32 Å². The highest BCUT2D eigenvalue weighted by Crippen LogP contribution is 2.25. The Morgan fingerprint density at radius 2 is 2.23 bits per heavy atom. The summed E-state index contributed by atoms with van der Waals surface area (Å²) >= 11 is 0. The first-order chi connectivity index (χ1) is 10.7. The molecule has 1 aliphatic heterocycles. The molecule has 0 saturated carbocycles. The molecule has 2 N–H and O–H groups in total. The number of aliphatic hydroxyl groups is 1. The number of fused-ring (bicyclic) bond motifs is 1. The zero-order chi connectivity index (χ0) is 15.6. The molecule has 1 saturated heterocycles. The fourth-order valence-electron chi connectivity index (χ4n) is 2.89. The Labute approximate surface area is 130 Å². The van der Waals surface area contributed by atoms with E-state index >= 15 is 0 Å². The van der Waals surface area contributed by atoms with E-state index in [9.17, 15) is 5.11 Å². The van der Waals surface area contributed by atoms with Gasteiger partial charge in [-0.3, -0.25) is 4.90 Å². The molecule has 1 aliphatic rings. The van der Waals surface area contributed by atoms with Crippen molar-refractivity contribution in [2.75, 3.05) is 38.7 Å². The summed E-state index contributed by atoms with van der Waals surface area (Å²) in [6.07, 6.45) is 3.48. The summed E-state index contributed by atoms with van der Waals surface area (Å²) in [6, 6.07) is 6.10. The fourth-order valence-corrected chi connectivity index (χ4v) is 2.89. The molecule has 22 heavy (non-hydrogen) atoms. The van der Waals surface area contributed by atoms with E-state index in [-0.39, 0.29) is 12.6 Å². The average Bonchev–Trinajstić information content (AvgIpc) is 2.56. The molecule has 6 nitrogen and oxygen atoms in total. The number of aliphatic hydroxyl groups excluding tert-OH is 1. The van der Waals surface area contributed by atoms with Gasteiger partial charge in [-0.25, -0.2) is 9.97 Å². The quantitative estimate of drug-likeness (QED) is 0.882. The lowest BCUT2D eigenvalue weighted by molar-refractivity contribution is -0.101. The van der Waals surface area contributed by atoms with Crippen molar-refractivity contribution >= 4 is 16.7 Å². The molecular formula is C16H22N4O2. The van der Waals surface area contributed by atoms with Crippen LogP contribution in [0.15, 0.2) is 30.6 Å². The molecule has 0 aromatic carbocycles. The number of anilines is 1. The van der Waals surface area contributed by atoms with Gasteiger partial charge in [-0.1, -0.05) is 0 Å². The predicted octanol–water partition coefficient (Wildman–Crippen LogP) is 1.12. The monoisotopic (exact) mass is 302 g/mol. The van der Waals surface area contributed by atoms with Crippen molar-refractivity contribution in [3.8, 4) is 0 Å². The van der Waals surface area contributed by atoms with Gasteiger partial charge in [0.25, 0.3) is 0 Å². The first kappa shape index (κ1) is 15.1. The maximum Gasteiger partial charge on any atom is 0.161 e. The van der Waals surface area contributed by atoms with Gasteiger partial charge in [0, 0.05) is 36.1 Å². The van der Waals surface area contributed by atoms with Gasteiger partial charge in [0.05, 0.1) is 25.4 Å². The molecule has 118 valence electrons. The number of likely N-dealkylation sites (N-methyl/N-ethyl adjacent to an activating group) is 1. The molecule has 3 rings (SSSR count). The van der Waals surface area contributed by atoms with E-state index in [1.807, 2.05) is 25.2 Å². The minimum Gasteiger partial charge on any atom is -0.394 e. The molecular weight excluding hydrogens is 280 g/mol. The average molecular weight is 302 g/mol. The third-order valence-corrected chi connectivity index (χ3v) is 4.56. The van der Waals surface area contributed by atoms with Crippen molar-refractivity contribution in [3.63, 3.8) is 0 Å². The van der Waals surface area contributed by atoms with Crippen LogP contribution in [-0.2, 0) is 4.74 Å². The van der Waals surface area contributed by atoms with E-state index < -0.39 is 5.54 Å². The molecule has 0 radical (unpaired) electrons. The lowest BCUT2D eigenvalue weighted by Crippen LogP contribution is -2.64. The van der Waals surface area contributed by atoms with Crippen LogP contribution in [0.5, 0.6) is 0 Å². The number of pyridine rings is 2. The number of hydrogen-bond acceptors (Lipinski definition) is 6. The highest BCUT2D eigenvalue weighted by Gasteiger charge is 2.40. The lowest BCUT2D eigenvalue weighted by Gasteiger charge is -2.47. The molecule has 0 unspecified atom stereocenters. The highest BCUT2D eigenvalue weighted by molar-refractivity contribution is 5.88. The maximum absolute atomic E-state index is 9.93. The topological polar surface area (TPSA) is 70.5 Å². The van der Waals surface area contributed by atoms with Crippen LogP contribution in [0.4, 0.5) is 5.69 Å². The normalized spacial score (nSPS) is 26.2. The highest BCUT2D eigenvalue weighted by atomic mass is 16.5. The van der Waals surface area contributed by atoms with Gasteiger partial charge in [0.1, 0.15) is 0 Å². The molecule has 0 bridgehead atoms. The zero-order valence-electron chi connectivity index (χ0n) is 13.0. The van der Waals surface area contributed by atoms with Crippen molar-refractivity contribution in [2.24, 2.45) is 0 Å². The summed E-state index contributed by atoms with van der Waals surface area (Å²) in [7, 11) is 2.04. The van der Waals surface area contributed by atoms with E-state index in [4.69, 9.17) is 4.74 Å². The van der Waals surface area contributed by atoms with E-state index in [0.717, 1.165) is 11.1 Å². The number of ether oxygens (including phenoxy) is 1. The standard InChI is InChI=1S/C16H22N4O2/c1-12-8-22-11-16(10-21,20(12)2)9-19-14-5-7-18-15-13(14)4-3-6-17-15/h3-7,12,21H,8-11H2,1-2H3,(H,17,18,19)/t12-,16+/m1/s1. The SMILES string of the molecule is C[C@@H]1COC[C@@](CO)(CNc2ccnc3ncccc23)N1C. The lowest BCUT2D eigenvalue weighted by atomic mass is 9.96. The number of aromatic nitrogens is 2. The Morgan fingerprint density at radius 3 is 3.05 bits per heavy atom. The van der Waals surface area contributed by atoms with E-state index in [0.29, 0.717) is 25.4 Å².